The summed E-state index contributed by atoms with van der Waals surface area (Å²) in [6.07, 6.45) is 0.622. The smallest absolute Gasteiger partial charge is 0.255 e. The van der Waals surface area contributed by atoms with Crippen LogP contribution in [-0.4, -0.2) is 50.1 Å². The number of rotatable bonds is 7. The molecule has 0 radical (unpaired) electrons. The van der Waals surface area contributed by atoms with Crippen molar-refractivity contribution in [2.24, 2.45) is 11.7 Å². The standard InChI is InChI=1S/C12H22F2N2O2/c1-18-6-5-16(8-11(13)14)12(17)7-9-3-2-4-10(9)15/h9-11H,2-8,15H2,1H3/t9-,10+/m0/s1. The summed E-state index contributed by atoms with van der Waals surface area (Å²) in [5, 5.41) is 0. The van der Waals surface area contributed by atoms with Crippen LogP contribution in [0.1, 0.15) is 25.7 Å². The Morgan fingerprint density at radius 3 is 2.72 bits per heavy atom. The summed E-state index contributed by atoms with van der Waals surface area (Å²) in [6.45, 7) is -0.0407. The third kappa shape index (κ3) is 4.86. The summed E-state index contributed by atoms with van der Waals surface area (Å²) in [4.78, 5) is 13.1. The molecule has 0 aromatic heterocycles. The zero-order chi connectivity index (χ0) is 13.5. The van der Waals surface area contributed by atoms with E-state index in [0.717, 1.165) is 19.3 Å². The van der Waals surface area contributed by atoms with Crippen molar-refractivity contribution < 1.29 is 18.3 Å². The van der Waals surface area contributed by atoms with Gasteiger partial charge in [0.05, 0.1) is 13.2 Å². The van der Waals surface area contributed by atoms with Crippen molar-refractivity contribution in [2.75, 3.05) is 26.8 Å². The van der Waals surface area contributed by atoms with E-state index < -0.39 is 13.0 Å². The number of halogens is 2. The summed E-state index contributed by atoms with van der Waals surface area (Å²) in [6, 6.07) is 0.0322. The normalized spacial score (nSPS) is 23.6. The van der Waals surface area contributed by atoms with Crippen molar-refractivity contribution in [3.63, 3.8) is 0 Å². The average molecular weight is 264 g/mol. The molecule has 1 rings (SSSR count). The number of hydrogen-bond donors (Lipinski definition) is 1. The van der Waals surface area contributed by atoms with E-state index in [4.69, 9.17) is 10.5 Å². The number of methoxy groups -OCH3 is 1. The van der Waals surface area contributed by atoms with E-state index >= 15 is 0 Å². The zero-order valence-corrected chi connectivity index (χ0v) is 10.8. The van der Waals surface area contributed by atoms with E-state index in [1.165, 1.54) is 12.0 Å². The molecule has 2 atom stereocenters. The van der Waals surface area contributed by atoms with Crippen molar-refractivity contribution in [1.82, 2.24) is 4.90 Å². The Hall–Kier alpha value is -0.750. The second-order valence-electron chi connectivity index (χ2n) is 4.78. The van der Waals surface area contributed by atoms with Gasteiger partial charge in [-0.05, 0) is 18.8 Å². The van der Waals surface area contributed by atoms with Gasteiger partial charge in [0.25, 0.3) is 6.43 Å². The van der Waals surface area contributed by atoms with Crippen LogP contribution in [0.4, 0.5) is 8.78 Å². The van der Waals surface area contributed by atoms with Crippen LogP contribution in [0.5, 0.6) is 0 Å². The number of carbonyl (C=O) groups is 1. The van der Waals surface area contributed by atoms with Crippen LogP contribution < -0.4 is 5.73 Å². The Balaban J connectivity index is 2.46. The first-order valence-electron chi connectivity index (χ1n) is 6.35. The minimum atomic E-state index is -2.51. The first-order chi connectivity index (χ1) is 8.54. The number of hydrogen-bond acceptors (Lipinski definition) is 3. The van der Waals surface area contributed by atoms with Crippen molar-refractivity contribution in [2.45, 2.75) is 38.2 Å². The minimum Gasteiger partial charge on any atom is -0.383 e. The van der Waals surface area contributed by atoms with Crippen LogP contribution in [0, 0.1) is 5.92 Å². The molecule has 106 valence electrons. The van der Waals surface area contributed by atoms with Gasteiger partial charge in [0.15, 0.2) is 0 Å². The quantitative estimate of drug-likeness (QED) is 0.753. The highest BCUT2D eigenvalue weighted by Gasteiger charge is 2.28. The van der Waals surface area contributed by atoms with E-state index in [1.807, 2.05) is 0 Å². The molecular formula is C12H22F2N2O2. The predicted molar refractivity (Wildman–Crippen MR) is 64.4 cm³/mol. The van der Waals surface area contributed by atoms with Crippen molar-refractivity contribution in [3.8, 4) is 0 Å². The number of nitrogens with two attached hydrogens (primary N) is 1. The van der Waals surface area contributed by atoms with E-state index in [9.17, 15) is 13.6 Å². The minimum absolute atomic E-state index is 0.0322. The second kappa shape index (κ2) is 7.63. The summed E-state index contributed by atoms with van der Waals surface area (Å²) in [5.74, 6) is -0.102. The molecular weight excluding hydrogens is 242 g/mol. The molecule has 0 saturated heterocycles. The van der Waals surface area contributed by atoms with E-state index in [0.29, 0.717) is 0 Å². The Morgan fingerprint density at radius 2 is 2.22 bits per heavy atom. The lowest BCUT2D eigenvalue weighted by atomic mass is 9.99. The highest BCUT2D eigenvalue weighted by atomic mass is 19.3. The fourth-order valence-electron chi connectivity index (χ4n) is 2.36. The molecule has 1 saturated carbocycles. The van der Waals surface area contributed by atoms with Gasteiger partial charge in [-0.1, -0.05) is 6.42 Å². The molecule has 0 heterocycles. The van der Waals surface area contributed by atoms with E-state index in [-0.39, 0.29) is 37.4 Å². The second-order valence-corrected chi connectivity index (χ2v) is 4.78. The fraction of sp³-hybridized carbons (Fsp3) is 0.917. The van der Waals surface area contributed by atoms with E-state index in [1.54, 1.807) is 0 Å². The van der Waals surface area contributed by atoms with Crippen LogP contribution in [0.25, 0.3) is 0 Å². The van der Waals surface area contributed by atoms with Gasteiger partial charge in [-0.15, -0.1) is 0 Å². The molecule has 1 aliphatic carbocycles. The first-order valence-corrected chi connectivity index (χ1v) is 6.35. The summed E-state index contributed by atoms with van der Waals surface area (Å²) in [7, 11) is 1.48. The maximum Gasteiger partial charge on any atom is 0.255 e. The SMILES string of the molecule is COCCN(CC(F)F)C(=O)C[C@@H]1CCC[C@H]1N. The molecule has 1 amide bonds. The largest absolute Gasteiger partial charge is 0.383 e. The molecule has 4 nitrogen and oxygen atoms in total. The van der Waals surface area contributed by atoms with Gasteiger partial charge >= 0.3 is 0 Å². The number of nitrogens with zero attached hydrogens (tertiary/aromatic N) is 1. The monoisotopic (exact) mass is 264 g/mol. The molecule has 0 spiro atoms. The summed E-state index contributed by atoms with van der Waals surface area (Å²) in [5.41, 5.74) is 5.89. The van der Waals surface area contributed by atoms with Gasteiger partial charge in [0.2, 0.25) is 5.91 Å². The number of alkyl halides is 2. The van der Waals surface area contributed by atoms with Crippen LogP contribution in [0.3, 0.4) is 0 Å². The Labute approximate surface area is 106 Å². The predicted octanol–water partition coefficient (Wildman–Crippen LogP) is 1.24. The Bertz CT molecular complexity index is 264. The maximum atomic E-state index is 12.4. The molecule has 0 aromatic carbocycles. The third-order valence-corrected chi connectivity index (χ3v) is 3.43. The fourth-order valence-corrected chi connectivity index (χ4v) is 2.36. The lowest BCUT2D eigenvalue weighted by Crippen LogP contribution is -2.39. The third-order valence-electron chi connectivity index (χ3n) is 3.43. The molecule has 1 fully saturated rings. The van der Waals surface area contributed by atoms with Crippen LogP contribution in [0.15, 0.2) is 0 Å². The molecule has 0 aromatic rings. The molecule has 18 heavy (non-hydrogen) atoms. The van der Waals surface area contributed by atoms with E-state index in [2.05, 4.69) is 0 Å². The number of ether oxygens (including phenoxy) is 1. The van der Waals surface area contributed by atoms with Gasteiger partial charge in [-0.25, -0.2) is 8.78 Å². The van der Waals surface area contributed by atoms with Gasteiger partial charge in [0, 0.05) is 26.1 Å². The Morgan fingerprint density at radius 1 is 1.50 bits per heavy atom. The Kier molecular flexibility index (Phi) is 6.49. The summed E-state index contributed by atoms with van der Waals surface area (Å²) >= 11 is 0. The highest BCUT2D eigenvalue weighted by molar-refractivity contribution is 5.76. The van der Waals surface area contributed by atoms with Gasteiger partial charge in [-0.2, -0.15) is 0 Å². The molecule has 1 aliphatic rings. The van der Waals surface area contributed by atoms with Gasteiger partial charge < -0.3 is 15.4 Å². The zero-order valence-electron chi connectivity index (χ0n) is 10.8. The molecule has 6 heteroatoms. The molecule has 0 bridgehead atoms. The van der Waals surface area contributed by atoms with Crippen molar-refractivity contribution in [3.05, 3.63) is 0 Å². The molecule has 0 aliphatic heterocycles. The number of carbonyl (C=O) groups excluding carboxylic acids is 1. The van der Waals surface area contributed by atoms with Crippen molar-refractivity contribution in [1.29, 1.82) is 0 Å². The van der Waals surface area contributed by atoms with Crippen LogP contribution in [-0.2, 0) is 9.53 Å². The van der Waals surface area contributed by atoms with Gasteiger partial charge in [0.1, 0.15) is 0 Å². The van der Waals surface area contributed by atoms with Crippen LogP contribution in [0.2, 0.25) is 0 Å². The van der Waals surface area contributed by atoms with Crippen LogP contribution >= 0.6 is 0 Å². The topological polar surface area (TPSA) is 55.6 Å². The maximum absolute atomic E-state index is 12.4. The molecule has 0 unspecified atom stereocenters. The summed E-state index contributed by atoms with van der Waals surface area (Å²) < 4.78 is 29.6. The number of amides is 1. The highest BCUT2D eigenvalue weighted by Crippen LogP contribution is 2.27. The van der Waals surface area contributed by atoms with Gasteiger partial charge in [-0.3, -0.25) is 4.79 Å². The molecule has 2 N–H and O–H groups in total. The lowest BCUT2D eigenvalue weighted by molar-refractivity contribution is -0.134. The first kappa shape index (κ1) is 15.3. The average Bonchev–Trinajstić information content (AvgIpc) is 2.70. The lowest BCUT2D eigenvalue weighted by Gasteiger charge is -2.24. The van der Waals surface area contributed by atoms with Crippen molar-refractivity contribution >= 4 is 5.91 Å².